The molecular formula is C18H19ClN4O2. The van der Waals surface area contributed by atoms with Crippen LogP contribution in [0.25, 0.3) is 0 Å². The summed E-state index contributed by atoms with van der Waals surface area (Å²) in [6.07, 6.45) is 4.81. The lowest BCUT2D eigenvalue weighted by Gasteiger charge is -2.21. The van der Waals surface area contributed by atoms with Gasteiger partial charge >= 0.3 is 0 Å². The monoisotopic (exact) mass is 358 g/mol. The summed E-state index contributed by atoms with van der Waals surface area (Å²) >= 11 is 6.20. The number of carbonyl (C=O) groups excluding carboxylic acids is 2. The van der Waals surface area contributed by atoms with Gasteiger partial charge in [-0.25, -0.2) is 0 Å². The maximum atomic E-state index is 12.9. The summed E-state index contributed by atoms with van der Waals surface area (Å²) in [5, 5.41) is 4.80. The first-order valence-electron chi connectivity index (χ1n) is 8.46. The van der Waals surface area contributed by atoms with Gasteiger partial charge in [0.1, 0.15) is 0 Å². The van der Waals surface area contributed by atoms with Crippen molar-refractivity contribution in [2.24, 2.45) is 5.92 Å². The fourth-order valence-electron chi connectivity index (χ4n) is 3.69. The van der Waals surface area contributed by atoms with Gasteiger partial charge in [0, 0.05) is 38.4 Å². The second-order valence-electron chi connectivity index (χ2n) is 6.57. The van der Waals surface area contributed by atoms with E-state index in [0.29, 0.717) is 30.3 Å². The van der Waals surface area contributed by atoms with Crippen LogP contribution in [0.3, 0.4) is 0 Å². The van der Waals surface area contributed by atoms with Gasteiger partial charge in [-0.2, -0.15) is 5.10 Å². The summed E-state index contributed by atoms with van der Waals surface area (Å²) in [4.78, 5) is 28.7. The first-order valence-corrected chi connectivity index (χ1v) is 8.84. The molecule has 0 aliphatic carbocycles. The Morgan fingerprint density at radius 3 is 2.80 bits per heavy atom. The Morgan fingerprint density at radius 1 is 1.20 bits per heavy atom. The van der Waals surface area contributed by atoms with Crippen LogP contribution in [0.4, 0.5) is 5.69 Å². The highest BCUT2D eigenvalue weighted by molar-refractivity contribution is 6.33. The molecule has 130 valence electrons. The van der Waals surface area contributed by atoms with Crippen molar-refractivity contribution < 1.29 is 9.59 Å². The van der Waals surface area contributed by atoms with Crippen molar-refractivity contribution in [3.05, 3.63) is 47.7 Å². The Hall–Kier alpha value is -2.34. The predicted octanol–water partition coefficient (Wildman–Crippen LogP) is 2.36. The van der Waals surface area contributed by atoms with Crippen molar-refractivity contribution in [2.45, 2.75) is 18.9 Å². The highest BCUT2D eigenvalue weighted by Gasteiger charge is 2.39. The van der Waals surface area contributed by atoms with Crippen LogP contribution in [-0.4, -0.2) is 46.1 Å². The molecule has 2 unspecified atom stereocenters. The lowest BCUT2D eigenvalue weighted by atomic mass is 10.1. The smallest absolute Gasteiger partial charge is 0.228 e. The molecule has 0 spiro atoms. The van der Waals surface area contributed by atoms with E-state index in [2.05, 4.69) is 5.10 Å². The van der Waals surface area contributed by atoms with Gasteiger partial charge in [0.25, 0.3) is 0 Å². The number of halogens is 1. The van der Waals surface area contributed by atoms with E-state index in [1.807, 2.05) is 40.0 Å². The SMILES string of the molecule is O=C(C1CC(=O)N(c2ccccc2Cl)C1)N1CCC(n2cccn2)C1. The minimum Gasteiger partial charge on any atom is -0.340 e. The lowest BCUT2D eigenvalue weighted by molar-refractivity contribution is -0.134. The minimum absolute atomic E-state index is 0.0470. The quantitative estimate of drug-likeness (QED) is 0.846. The van der Waals surface area contributed by atoms with Crippen LogP contribution in [0.2, 0.25) is 5.02 Å². The van der Waals surface area contributed by atoms with Gasteiger partial charge in [0.2, 0.25) is 11.8 Å². The molecule has 2 fully saturated rings. The van der Waals surface area contributed by atoms with Crippen LogP contribution < -0.4 is 4.90 Å². The number of nitrogens with zero attached hydrogens (tertiary/aromatic N) is 4. The fourth-order valence-corrected chi connectivity index (χ4v) is 3.93. The van der Waals surface area contributed by atoms with Crippen LogP contribution >= 0.6 is 11.6 Å². The van der Waals surface area contributed by atoms with Gasteiger partial charge in [-0.15, -0.1) is 0 Å². The van der Waals surface area contributed by atoms with Crippen LogP contribution in [-0.2, 0) is 9.59 Å². The molecule has 25 heavy (non-hydrogen) atoms. The van der Waals surface area contributed by atoms with Gasteiger partial charge in [0.15, 0.2) is 0 Å². The van der Waals surface area contributed by atoms with Crippen molar-refractivity contribution >= 4 is 29.1 Å². The maximum absolute atomic E-state index is 12.9. The van der Waals surface area contributed by atoms with Crippen LogP contribution in [0.5, 0.6) is 0 Å². The number of benzene rings is 1. The topological polar surface area (TPSA) is 58.4 Å². The fraction of sp³-hybridized carbons (Fsp3) is 0.389. The van der Waals surface area contributed by atoms with E-state index in [1.165, 1.54) is 0 Å². The Morgan fingerprint density at radius 2 is 2.04 bits per heavy atom. The van der Waals surface area contributed by atoms with E-state index < -0.39 is 0 Å². The van der Waals surface area contributed by atoms with E-state index >= 15 is 0 Å². The normalized spacial score (nSPS) is 23.5. The average Bonchev–Trinajstić information content (AvgIpc) is 3.35. The number of para-hydroxylation sites is 1. The molecule has 1 aromatic heterocycles. The molecule has 4 rings (SSSR count). The zero-order chi connectivity index (χ0) is 17.4. The molecule has 0 N–H and O–H groups in total. The van der Waals surface area contributed by atoms with Gasteiger partial charge in [-0.05, 0) is 24.6 Å². The third-order valence-corrected chi connectivity index (χ3v) is 5.31. The Labute approximate surface area is 151 Å². The summed E-state index contributed by atoms with van der Waals surface area (Å²) in [5.74, 6) is -0.299. The molecular weight excluding hydrogens is 340 g/mol. The van der Waals surface area contributed by atoms with E-state index in [9.17, 15) is 9.59 Å². The van der Waals surface area contributed by atoms with Gasteiger partial charge < -0.3 is 9.80 Å². The Bertz CT molecular complexity index is 792. The van der Waals surface area contributed by atoms with Crippen molar-refractivity contribution in [3.63, 3.8) is 0 Å². The van der Waals surface area contributed by atoms with Crippen molar-refractivity contribution in [3.8, 4) is 0 Å². The first-order chi connectivity index (χ1) is 12.1. The number of rotatable bonds is 3. The molecule has 2 aliphatic heterocycles. The maximum Gasteiger partial charge on any atom is 0.228 e. The third-order valence-electron chi connectivity index (χ3n) is 4.99. The number of likely N-dealkylation sites (tertiary alicyclic amines) is 1. The summed E-state index contributed by atoms with van der Waals surface area (Å²) in [5.41, 5.74) is 0.681. The number of amides is 2. The molecule has 2 aromatic rings. The molecule has 0 saturated carbocycles. The van der Waals surface area contributed by atoms with Gasteiger partial charge in [0.05, 0.1) is 22.7 Å². The molecule has 2 aliphatic rings. The van der Waals surface area contributed by atoms with E-state index in [1.54, 1.807) is 17.2 Å². The number of carbonyl (C=O) groups is 2. The second kappa shape index (κ2) is 6.52. The summed E-state index contributed by atoms with van der Waals surface area (Å²) in [6, 6.07) is 9.36. The van der Waals surface area contributed by atoms with Gasteiger partial charge in [-0.3, -0.25) is 14.3 Å². The number of hydrogen-bond acceptors (Lipinski definition) is 3. The number of anilines is 1. The summed E-state index contributed by atoms with van der Waals surface area (Å²) in [6.45, 7) is 1.75. The molecule has 1 aromatic carbocycles. The number of hydrogen-bond donors (Lipinski definition) is 0. The van der Waals surface area contributed by atoms with Crippen molar-refractivity contribution in [2.75, 3.05) is 24.5 Å². The van der Waals surface area contributed by atoms with E-state index in [4.69, 9.17) is 11.6 Å². The van der Waals surface area contributed by atoms with Crippen LogP contribution in [0.15, 0.2) is 42.7 Å². The largest absolute Gasteiger partial charge is 0.340 e. The van der Waals surface area contributed by atoms with Crippen LogP contribution in [0, 0.1) is 5.92 Å². The average molecular weight is 359 g/mol. The van der Waals surface area contributed by atoms with E-state index in [0.717, 1.165) is 6.42 Å². The minimum atomic E-state index is -0.305. The number of aromatic nitrogens is 2. The molecule has 2 amide bonds. The van der Waals surface area contributed by atoms with Gasteiger partial charge in [-0.1, -0.05) is 23.7 Å². The summed E-state index contributed by atoms with van der Waals surface area (Å²) < 4.78 is 1.91. The molecule has 7 heteroatoms. The molecule has 6 nitrogen and oxygen atoms in total. The predicted molar refractivity (Wildman–Crippen MR) is 94.4 cm³/mol. The Kier molecular flexibility index (Phi) is 4.21. The standard InChI is InChI=1S/C18H19ClN4O2/c19-15-4-1-2-5-16(15)22-11-13(10-17(22)24)18(25)21-9-6-14(12-21)23-8-3-7-20-23/h1-5,7-8,13-14H,6,9-12H2. The van der Waals surface area contributed by atoms with E-state index in [-0.39, 0.29) is 30.2 Å². The highest BCUT2D eigenvalue weighted by Crippen LogP contribution is 2.32. The van der Waals surface area contributed by atoms with Crippen molar-refractivity contribution in [1.82, 2.24) is 14.7 Å². The third kappa shape index (κ3) is 3.02. The zero-order valence-corrected chi connectivity index (χ0v) is 14.5. The highest BCUT2D eigenvalue weighted by atomic mass is 35.5. The molecule has 2 atom stereocenters. The second-order valence-corrected chi connectivity index (χ2v) is 6.98. The summed E-state index contributed by atoms with van der Waals surface area (Å²) in [7, 11) is 0. The molecule has 3 heterocycles. The first kappa shape index (κ1) is 16.1. The zero-order valence-electron chi connectivity index (χ0n) is 13.7. The molecule has 0 bridgehead atoms. The van der Waals surface area contributed by atoms with Crippen LogP contribution in [0.1, 0.15) is 18.9 Å². The lowest BCUT2D eigenvalue weighted by Crippen LogP contribution is -2.36. The molecule has 2 saturated heterocycles. The molecule has 0 radical (unpaired) electrons. The van der Waals surface area contributed by atoms with Crippen molar-refractivity contribution in [1.29, 1.82) is 0 Å². The Balaban J connectivity index is 1.44.